The highest BCUT2D eigenvalue weighted by molar-refractivity contribution is 7.99. The first-order valence-corrected chi connectivity index (χ1v) is 8.15. The van der Waals surface area contributed by atoms with Crippen LogP contribution in [-0.4, -0.2) is 11.5 Å². The first-order chi connectivity index (χ1) is 8.86. The Morgan fingerprint density at radius 2 is 2.17 bits per heavy atom. The van der Waals surface area contributed by atoms with E-state index in [2.05, 4.69) is 36.6 Å². The minimum absolute atomic E-state index is 0.290. The van der Waals surface area contributed by atoms with Crippen LogP contribution in [0.1, 0.15) is 55.7 Å². The third-order valence-corrected chi connectivity index (χ3v) is 5.02. The maximum Gasteiger partial charge on any atom is 0.0553 e. The summed E-state index contributed by atoms with van der Waals surface area (Å²) < 4.78 is 0. The number of nitrogens with two attached hydrogens (primary N) is 1. The molecule has 0 radical (unpaired) electrons. The van der Waals surface area contributed by atoms with Gasteiger partial charge < -0.3 is 0 Å². The van der Waals surface area contributed by atoms with E-state index in [0.717, 1.165) is 11.7 Å². The Hall–Kier alpha value is -0.510. The van der Waals surface area contributed by atoms with Gasteiger partial charge in [-0.25, -0.2) is 0 Å². The van der Waals surface area contributed by atoms with Crippen molar-refractivity contribution in [2.75, 3.05) is 11.5 Å². The van der Waals surface area contributed by atoms with E-state index in [-0.39, 0.29) is 0 Å². The van der Waals surface area contributed by atoms with E-state index in [1.807, 2.05) is 11.8 Å². The molecule has 0 spiro atoms. The summed E-state index contributed by atoms with van der Waals surface area (Å²) in [6.07, 6.45) is 5.29. The van der Waals surface area contributed by atoms with E-state index in [1.54, 1.807) is 0 Å². The fraction of sp³-hybridized carbons (Fsp3) is 0.600. The second kappa shape index (κ2) is 7.17. The van der Waals surface area contributed by atoms with E-state index >= 15 is 0 Å². The summed E-state index contributed by atoms with van der Waals surface area (Å²) in [6, 6.07) is 9.10. The number of rotatable bonds is 7. The molecule has 18 heavy (non-hydrogen) atoms. The van der Waals surface area contributed by atoms with Crippen LogP contribution in [0.4, 0.5) is 0 Å². The summed E-state index contributed by atoms with van der Waals surface area (Å²) in [6.45, 7) is 2.22. The highest BCUT2D eigenvalue weighted by atomic mass is 32.2. The summed E-state index contributed by atoms with van der Waals surface area (Å²) in [5.41, 5.74) is 5.93. The number of hydrogen-bond donors (Lipinski definition) is 2. The molecule has 3 heteroatoms. The van der Waals surface area contributed by atoms with Gasteiger partial charge in [0.05, 0.1) is 6.04 Å². The zero-order valence-electron chi connectivity index (χ0n) is 11.2. The van der Waals surface area contributed by atoms with Gasteiger partial charge in [0.15, 0.2) is 0 Å². The topological polar surface area (TPSA) is 38.0 Å². The Morgan fingerprint density at radius 1 is 1.39 bits per heavy atom. The molecule has 1 fully saturated rings. The third-order valence-electron chi connectivity index (χ3n) is 3.75. The van der Waals surface area contributed by atoms with E-state index in [0.29, 0.717) is 6.04 Å². The lowest BCUT2D eigenvalue weighted by atomic mass is 9.77. The molecular formula is C15H24N2S. The minimum atomic E-state index is 0.290. The van der Waals surface area contributed by atoms with Crippen LogP contribution in [0.5, 0.6) is 0 Å². The molecule has 1 saturated carbocycles. The summed E-state index contributed by atoms with van der Waals surface area (Å²) in [7, 11) is 0. The average Bonchev–Trinajstić information content (AvgIpc) is 2.34. The zero-order valence-corrected chi connectivity index (χ0v) is 12.0. The van der Waals surface area contributed by atoms with Crippen molar-refractivity contribution >= 4 is 11.8 Å². The Bertz CT molecular complexity index is 363. The van der Waals surface area contributed by atoms with Crippen molar-refractivity contribution in [3.63, 3.8) is 0 Å². The predicted octanol–water partition coefficient (Wildman–Crippen LogP) is 3.60. The minimum Gasteiger partial charge on any atom is -0.271 e. The molecule has 0 amide bonds. The van der Waals surface area contributed by atoms with Crippen molar-refractivity contribution in [1.29, 1.82) is 0 Å². The lowest BCUT2D eigenvalue weighted by Crippen LogP contribution is -2.31. The molecule has 0 aliphatic heterocycles. The van der Waals surface area contributed by atoms with Crippen LogP contribution in [0, 0.1) is 0 Å². The van der Waals surface area contributed by atoms with Gasteiger partial charge in [-0.1, -0.05) is 37.6 Å². The summed E-state index contributed by atoms with van der Waals surface area (Å²) in [5.74, 6) is 8.80. The molecule has 1 aromatic carbocycles. The van der Waals surface area contributed by atoms with Gasteiger partial charge in [0, 0.05) is 5.75 Å². The average molecular weight is 264 g/mol. The Morgan fingerprint density at radius 3 is 2.78 bits per heavy atom. The number of nitrogens with one attached hydrogen (secondary N) is 1. The second-order valence-corrected chi connectivity index (χ2v) is 6.20. The van der Waals surface area contributed by atoms with E-state index < -0.39 is 0 Å². The monoisotopic (exact) mass is 264 g/mol. The maximum absolute atomic E-state index is 5.75. The predicted molar refractivity (Wildman–Crippen MR) is 80.7 cm³/mol. The van der Waals surface area contributed by atoms with Crippen molar-refractivity contribution in [3.05, 3.63) is 35.4 Å². The number of thioether (sulfide) groups is 1. The van der Waals surface area contributed by atoms with Gasteiger partial charge in [-0.2, -0.15) is 11.8 Å². The molecule has 2 rings (SSSR count). The smallest absolute Gasteiger partial charge is 0.0553 e. The molecule has 0 heterocycles. The van der Waals surface area contributed by atoms with Gasteiger partial charge in [-0.3, -0.25) is 11.3 Å². The van der Waals surface area contributed by atoms with Gasteiger partial charge in [0.2, 0.25) is 0 Å². The maximum atomic E-state index is 5.75. The lowest BCUT2D eigenvalue weighted by molar-refractivity contribution is 0.413. The Kier molecular flexibility index (Phi) is 5.54. The van der Waals surface area contributed by atoms with Crippen LogP contribution in [0.2, 0.25) is 0 Å². The van der Waals surface area contributed by atoms with Gasteiger partial charge in [0.25, 0.3) is 0 Å². The molecule has 1 aliphatic rings. The van der Waals surface area contributed by atoms with Crippen molar-refractivity contribution in [2.45, 2.75) is 44.6 Å². The van der Waals surface area contributed by atoms with Crippen molar-refractivity contribution < 1.29 is 0 Å². The fourth-order valence-corrected chi connectivity index (χ4v) is 3.46. The number of hydrogen-bond acceptors (Lipinski definition) is 3. The normalized spacial score (nSPS) is 17.4. The molecule has 3 N–H and O–H groups in total. The number of hydrazine groups is 1. The lowest BCUT2D eigenvalue weighted by Gasteiger charge is -2.30. The van der Waals surface area contributed by atoms with Gasteiger partial charge >= 0.3 is 0 Å². The molecule has 1 unspecified atom stereocenters. The van der Waals surface area contributed by atoms with Crippen LogP contribution >= 0.6 is 11.8 Å². The fourth-order valence-electron chi connectivity index (χ4n) is 2.49. The van der Waals surface area contributed by atoms with Gasteiger partial charge in [-0.15, -0.1) is 0 Å². The summed E-state index contributed by atoms with van der Waals surface area (Å²) in [4.78, 5) is 0. The van der Waals surface area contributed by atoms with Crippen molar-refractivity contribution in [3.8, 4) is 0 Å². The molecule has 0 bridgehead atoms. The van der Waals surface area contributed by atoms with Crippen molar-refractivity contribution in [1.82, 2.24) is 5.43 Å². The first kappa shape index (κ1) is 13.9. The standard InChI is InChI=1S/C15H24N2S/c1-2-10-18-11-15(17-16)14-9-4-3-8-13(14)12-6-5-7-12/h3-4,8-9,12,15,17H,2,5-7,10-11,16H2,1H3. The van der Waals surface area contributed by atoms with Crippen LogP contribution in [-0.2, 0) is 0 Å². The second-order valence-electron chi connectivity index (χ2n) is 5.05. The van der Waals surface area contributed by atoms with Gasteiger partial charge in [-0.05, 0) is 42.1 Å². The highest BCUT2D eigenvalue weighted by Gasteiger charge is 2.24. The molecule has 1 atom stereocenters. The highest BCUT2D eigenvalue weighted by Crippen LogP contribution is 2.39. The van der Waals surface area contributed by atoms with Crippen LogP contribution in [0.15, 0.2) is 24.3 Å². The molecule has 0 aromatic heterocycles. The summed E-state index contributed by atoms with van der Waals surface area (Å²) >= 11 is 1.98. The van der Waals surface area contributed by atoms with Gasteiger partial charge in [0.1, 0.15) is 0 Å². The molecule has 100 valence electrons. The Balaban J connectivity index is 2.08. The Labute approximate surface area is 115 Å². The largest absolute Gasteiger partial charge is 0.271 e. The van der Waals surface area contributed by atoms with Crippen molar-refractivity contribution in [2.24, 2.45) is 5.84 Å². The third kappa shape index (κ3) is 3.28. The van der Waals surface area contributed by atoms with E-state index in [4.69, 9.17) is 5.84 Å². The van der Waals surface area contributed by atoms with E-state index in [9.17, 15) is 0 Å². The zero-order chi connectivity index (χ0) is 12.8. The molecule has 2 nitrogen and oxygen atoms in total. The summed E-state index contributed by atoms with van der Waals surface area (Å²) in [5, 5.41) is 0. The van der Waals surface area contributed by atoms with E-state index in [1.165, 1.54) is 42.6 Å². The first-order valence-electron chi connectivity index (χ1n) is 6.99. The van der Waals surface area contributed by atoms with Crippen LogP contribution in [0.25, 0.3) is 0 Å². The SMILES string of the molecule is CCCSCC(NN)c1ccccc1C1CCC1. The molecule has 0 saturated heterocycles. The molecule has 1 aliphatic carbocycles. The van der Waals surface area contributed by atoms with Crippen LogP contribution < -0.4 is 11.3 Å². The number of benzene rings is 1. The molecule has 1 aromatic rings. The molecular weight excluding hydrogens is 240 g/mol. The van der Waals surface area contributed by atoms with Crippen LogP contribution in [0.3, 0.4) is 0 Å². The quantitative estimate of drug-likeness (QED) is 0.449.